The third kappa shape index (κ3) is 8.05. The highest BCUT2D eigenvalue weighted by Gasteiger charge is 2.34. The van der Waals surface area contributed by atoms with Crippen LogP contribution in [0.5, 0.6) is 0 Å². The second-order valence-electron chi connectivity index (χ2n) is 12.0. The molecule has 1 aliphatic carbocycles. The molecule has 0 aromatic heterocycles. The Bertz CT molecular complexity index is 1490. The van der Waals surface area contributed by atoms with E-state index in [1.54, 1.807) is 41.3 Å². The molecule has 8 heteroatoms. The maximum atomic E-state index is 14.3. The van der Waals surface area contributed by atoms with Gasteiger partial charge in [-0.3, -0.25) is 13.9 Å². The molecular weight excluding hydrogens is 558 g/mol. The standard InChI is InChI=1S/C35H45N3O4S/c1-6-33(35(40)36-30-12-7-8-13-30)37(23-28-11-9-10-27(5)22-28)34(39)24-38(31-18-16-29(17-19-31)25(2)3)43(41,42)32-20-14-26(4)15-21-32/h9-11,14-22,25,30,33H,6-8,12-13,23-24H2,1-5H3,(H,36,40)/t33-/m0/s1. The van der Waals surface area contributed by atoms with Crippen molar-refractivity contribution < 1.29 is 18.0 Å². The average molecular weight is 604 g/mol. The second kappa shape index (κ2) is 14.2. The fourth-order valence-electron chi connectivity index (χ4n) is 5.69. The normalized spacial score (nSPS) is 14.5. The first-order chi connectivity index (χ1) is 20.5. The first-order valence-electron chi connectivity index (χ1n) is 15.3. The van der Waals surface area contributed by atoms with Crippen molar-refractivity contribution in [1.29, 1.82) is 0 Å². The predicted octanol–water partition coefficient (Wildman–Crippen LogP) is 6.49. The first-order valence-corrected chi connectivity index (χ1v) is 16.8. The number of amides is 2. The maximum Gasteiger partial charge on any atom is 0.264 e. The van der Waals surface area contributed by atoms with Gasteiger partial charge in [0.05, 0.1) is 10.6 Å². The molecular formula is C35H45N3O4S. The molecule has 1 saturated carbocycles. The van der Waals surface area contributed by atoms with E-state index in [9.17, 15) is 18.0 Å². The Morgan fingerprint density at radius 1 is 0.907 bits per heavy atom. The Morgan fingerprint density at radius 2 is 1.56 bits per heavy atom. The van der Waals surface area contributed by atoms with Crippen molar-refractivity contribution in [3.8, 4) is 0 Å². The Labute approximate surface area is 257 Å². The van der Waals surface area contributed by atoms with Crippen LogP contribution in [0.2, 0.25) is 0 Å². The predicted molar refractivity (Wildman–Crippen MR) is 172 cm³/mol. The monoisotopic (exact) mass is 603 g/mol. The van der Waals surface area contributed by atoms with Gasteiger partial charge in [-0.1, -0.05) is 93.3 Å². The number of nitrogens with one attached hydrogen (secondary N) is 1. The molecule has 43 heavy (non-hydrogen) atoms. The fraction of sp³-hybridized carbons (Fsp3) is 0.429. The summed E-state index contributed by atoms with van der Waals surface area (Å²) in [5, 5.41) is 3.16. The molecule has 0 radical (unpaired) electrons. The highest BCUT2D eigenvalue weighted by molar-refractivity contribution is 7.92. The largest absolute Gasteiger partial charge is 0.352 e. The van der Waals surface area contributed by atoms with E-state index >= 15 is 0 Å². The van der Waals surface area contributed by atoms with Crippen LogP contribution in [-0.4, -0.2) is 43.8 Å². The van der Waals surface area contributed by atoms with Crippen LogP contribution in [0.3, 0.4) is 0 Å². The summed E-state index contributed by atoms with van der Waals surface area (Å²) in [5.41, 5.74) is 4.33. The third-order valence-corrected chi connectivity index (χ3v) is 10.0. The molecule has 3 aromatic rings. The van der Waals surface area contributed by atoms with E-state index in [1.807, 2.05) is 57.2 Å². The molecule has 0 saturated heterocycles. The smallest absolute Gasteiger partial charge is 0.264 e. The molecule has 1 aliphatic rings. The Hall–Kier alpha value is -3.65. The van der Waals surface area contributed by atoms with E-state index < -0.39 is 28.5 Å². The molecule has 1 N–H and O–H groups in total. The highest BCUT2D eigenvalue weighted by atomic mass is 32.2. The Balaban J connectivity index is 1.72. The lowest BCUT2D eigenvalue weighted by Crippen LogP contribution is -2.53. The number of anilines is 1. The number of hydrogen-bond donors (Lipinski definition) is 1. The van der Waals surface area contributed by atoms with E-state index in [4.69, 9.17) is 0 Å². The minimum atomic E-state index is -4.10. The van der Waals surface area contributed by atoms with Gasteiger partial charge in [-0.05, 0) is 74.4 Å². The van der Waals surface area contributed by atoms with Crippen molar-refractivity contribution in [2.75, 3.05) is 10.8 Å². The van der Waals surface area contributed by atoms with Crippen LogP contribution in [0.4, 0.5) is 5.69 Å². The lowest BCUT2D eigenvalue weighted by atomic mass is 10.0. The summed E-state index contributed by atoms with van der Waals surface area (Å²) in [7, 11) is -4.10. The average Bonchev–Trinajstić information content (AvgIpc) is 3.49. The number of benzene rings is 3. The zero-order valence-corrected chi connectivity index (χ0v) is 26.9. The SMILES string of the molecule is CC[C@@H](C(=O)NC1CCCC1)N(Cc1cccc(C)c1)C(=O)CN(c1ccc(C(C)C)cc1)S(=O)(=O)c1ccc(C)cc1. The van der Waals surface area contributed by atoms with Gasteiger partial charge in [0.25, 0.3) is 10.0 Å². The molecule has 230 valence electrons. The summed E-state index contributed by atoms with van der Waals surface area (Å²) in [6.45, 7) is 9.68. The maximum absolute atomic E-state index is 14.3. The number of hydrogen-bond acceptors (Lipinski definition) is 4. The Kier molecular flexibility index (Phi) is 10.7. The van der Waals surface area contributed by atoms with Crippen molar-refractivity contribution >= 4 is 27.5 Å². The van der Waals surface area contributed by atoms with E-state index in [0.717, 1.165) is 47.9 Å². The first kappa shape index (κ1) is 32.3. The van der Waals surface area contributed by atoms with Crippen LogP contribution < -0.4 is 9.62 Å². The van der Waals surface area contributed by atoms with Crippen molar-refractivity contribution in [2.45, 2.75) is 96.2 Å². The van der Waals surface area contributed by atoms with Crippen LogP contribution in [0.1, 0.15) is 81.0 Å². The lowest BCUT2D eigenvalue weighted by Gasteiger charge is -2.34. The number of carbonyl (C=O) groups is 2. The molecule has 0 spiro atoms. The number of sulfonamides is 1. The summed E-state index contributed by atoms with van der Waals surface area (Å²) >= 11 is 0. The van der Waals surface area contributed by atoms with E-state index in [0.29, 0.717) is 12.1 Å². The van der Waals surface area contributed by atoms with E-state index in [1.165, 1.54) is 4.31 Å². The van der Waals surface area contributed by atoms with Gasteiger partial charge in [0.1, 0.15) is 12.6 Å². The summed E-state index contributed by atoms with van der Waals surface area (Å²) < 4.78 is 29.4. The summed E-state index contributed by atoms with van der Waals surface area (Å²) in [6, 6.07) is 21.1. The van der Waals surface area contributed by atoms with Gasteiger partial charge >= 0.3 is 0 Å². The van der Waals surface area contributed by atoms with E-state index in [-0.39, 0.29) is 29.3 Å². The Morgan fingerprint density at radius 3 is 2.14 bits per heavy atom. The fourth-order valence-corrected chi connectivity index (χ4v) is 7.10. The van der Waals surface area contributed by atoms with E-state index in [2.05, 4.69) is 19.2 Å². The third-order valence-electron chi connectivity index (χ3n) is 8.26. The molecule has 3 aromatic carbocycles. The molecule has 4 rings (SSSR count). The van der Waals surface area contributed by atoms with Gasteiger partial charge in [-0.25, -0.2) is 8.42 Å². The zero-order chi connectivity index (χ0) is 31.1. The lowest BCUT2D eigenvalue weighted by molar-refractivity contribution is -0.140. The quantitative estimate of drug-likeness (QED) is 0.257. The molecule has 0 heterocycles. The van der Waals surface area contributed by atoms with Crippen LogP contribution in [0.25, 0.3) is 0 Å². The van der Waals surface area contributed by atoms with Crippen molar-refractivity contribution in [2.24, 2.45) is 0 Å². The van der Waals surface area contributed by atoms with Crippen LogP contribution in [0.15, 0.2) is 77.7 Å². The van der Waals surface area contributed by atoms with Gasteiger partial charge in [-0.2, -0.15) is 0 Å². The minimum absolute atomic E-state index is 0.107. The van der Waals surface area contributed by atoms with Crippen molar-refractivity contribution in [3.05, 3.63) is 95.1 Å². The topological polar surface area (TPSA) is 86.8 Å². The summed E-state index contributed by atoms with van der Waals surface area (Å²) in [6.07, 6.45) is 4.43. The number of aryl methyl sites for hydroxylation is 2. The summed E-state index contributed by atoms with van der Waals surface area (Å²) in [5.74, 6) is -0.352. The van der Waals surface area contributed by atoms with Crippen LogP contribution >= 0.6 is 0 Å². The summed E-state index contributed by atoms with van der Waals surface area (Å²) in [4.78, 5) is 29.6. The van der Waals surface area contributed by atoms with Gasteiger partial charge in [0.2, 0.25) is 11.8 Å². The number of nitrogens with zero attached hydrogens (tertiary/aromatic N) is 2. The van der Waals surface area contributed by atoms with Gasteiger partial charge in [-0.15, -0.1) is 0 Å². The molecule has 0 unspecified atom stereocenters. The molecule has 0 bridgehead atoms. The number of carbonyl (C=O) groups excluding carboxylic acids is 2. The minimum Gasteiger partial charge on any atom is -0.352 e. The zero-order valence-electron chi connectivity index (χ0n) is 26.0. The van der Waals surface area contributed by atoms with Crippen molar-refractivity contribution in [3.63, 3.8) is 0 Å². The van der Waals surface area contributed by atoms with Crippen LogP contribution in [-0.2, 0) is 26.2 Å². The van der Waals surface area contributed by atoms with Gasteiger partial charge in [0, 0.05) is 12.6 Å². The highest BCUT2D eigenvalue weighted by Crippen LogP contribution is 2.27. The molecule has 2 amide bonds. The van der Waals surface area contributed by atoms with Crippen molar-refractivity contribution in [1.82, 2.24) is 10.2 Å². The van der Waals surface area contributed by atoms with Gasteiger partial charge in [0.15, 0.2) is 0 Å². The molecule has 0 aliphatic heterocycles. The molecule has 1 fully saturated rings. The van der Waals surface area contributed by atoms with Gasteiger partial charge < -0.3 is 10.2 Å². The number of rotatable bonds is 12. The molecule has 7 nitrogen and oxygen atoms in total. The second-order valence-corrected chi connectivity index (χ2v) is 13.9. The van der Waals surface area contributed by atoms with Crippen LogP contribution in [0, 0.1) is 13.8 Å². The molecule has 1 atom stereocenters.